The standard InChI is InChI=1S/C8H12FNOS/c1-8(2,3)6-5(11-4)7(9)10-12-6/h1-4H3. The number of nitrogens with zero attached hydrogens (tertiary/aromatic N) is 1. The van der Waals surface area contributed by atoms with Crippen LogP contribution in [0, 0.1) is 5.95 Å². The molecule has 4 heteroatoms. The van der Waals surface area contributed by atoms with E-state index >= 15 is 0 Å². The Bertz CT molecular complexity index is 277. The Kier molecular flexibility index (Phi) is 2.37. The zero-order valence-corrected chi connectivity index (χ0v) is 8.46. The van der Waals surface area contributed by atoms with Gasteiger partial charge in [0, 0.05) is 5.41 Å². The van der Waals surface area contributed by atoms with E-state index in [9.17, 15) is 4.39 Å². The lowest BCUT2D eigenvalue weighted by atomic mass is 9.94. The van der Waals surface area contributed by atoms with E-state index in [1.807, 2.05) is 20.8 Å². The van der Waals surface area contributed by atoms with Gasteiger partial charge in [-0.2, -0.15) is 8.76 Å². The largest absolute Gasteiger partial charge is 0.491 e. The molecule has 12 heavy (non-hydrogen) atoms. The SMILES string of the molecule is COc1c(F)nsc1C(C)(C)C. The maximum atomic E-state index is 12.9. The molecular formula is C8H12FNOS. The Morgan fingerprint density at radius 2 is 2.00 bits per heavy atom. The second kappa shape index (κ2) is 3.01. The Hall–Kier alpha value is -0.640. The van der Waals surface area contributed by atoms with Gasteiger partial charge in [0.2, 0.25) is 0 Å². The van der Waals surface area contributed by atoms with Gasteiger partial charge >= 0.3 is 0 Å². The summed E-state index contributed by atoms with van der Waals surface area (Å²) in [6.07, 6.45) is 0. The topological polar surface area (TPSA) is 22.1 Å². The molecule has 0 aliphatic rings. The highest BCUT2D eigenvalue weighted by atomic mass is 32.1. The van der Waals surface area contributed by atoms with Crippen LogP contribution in [0.4, 0.5) is 4.39 Å². The molecule has 0 aromatic carbocycles. The van der Waals surface area contributed by atoms with Crippen molar-refractivity contribution in [3.63, 3.8) is 0 Å². The number of rotatable bonds is 1. The Balaban J connectivity index is 3.16. The van der Waals surface area contributed by atoms with Gasteiger partial charge in [-0.25, -0.2) is 0 Å². The first-order chi connectivity index (χ1) is 5.46. The monoisotopic (exact) mass is 189 g/mol. The minimum atomic E-state index is -0.507. The van der Waals surface area contributed by atoms with Gasteiger partial charge in [0.25, 0.3) is 5.95 Å². The number of halogens is 1. The van der Waals surface area contributed by atoms with E-state index in [1.165, 1.54) is 7.11 Å². The first kappa shape index (κ1) is 9.45. The van der Waals surface area contributed by atoms with E-state index in [4.69, 9.17) is 4.74 Å². The third-order valence-corrected chi connectivity index (χ3v) is 2.73. The van der Waals surface area contributed by atoms with Crippen LogP contribution in [0.5, 0.6) is 5.75 Å². The summed E-state index contributed by atoms with van der Waals surface area (Å²) < 4.78 is 21.4. The minimum absolute atomic E-state index is 0.104. The van der Waals surface area contributed by atoms with Gasteiger partial charge in [0.1, 0.15) is 0 Å². The zero-order valence-electron chi connectivity index (χ0n) is 7.64. The molecule has 1 aromatic heterocycles. The average Bonchev–Trinajstić information content (AvgIpc) is 2.29. The molecule has 0 N–H and O–H groups in total. The number of aromatic nitrogens is 1. The van der Waals surface area contributed by atoms with Crippen molar-refractivity contribution in [2.24, 2.45) is 0 Å². The molecular weight excluding hydrogens is 177 g/mol. The van der Waals surface area contributed by atoms with E-state index in [1.54, 1.807) is 0 Å². The summed E-state index contributed by atoms with van der Waals surface area (Å²) in [5, 5.41) is 0. The molecule has 0 atom stereocenters. The number of methoxy groups -OCH3 is 1. The van der Waals surface area contributed by atoms with Crippen molar-refractivity contribution in [2.75, 3.05) is 7.11 Å². The molecule has 0 radical (unpaired) electrons. The third kappa shape index (κ3) is 1.58. The van der Waals surface area contributed by atoms with E-state index in [0.717, 1.165) is 16.4 Å². The summed E-state index contributed by atoms with van der Waals surface area (Å²) in [5.74, 6) is -0.222. The summed E-state index contributed by atoms with van der Waals surface area (Å²) in [4.78, 5) is 0.850. The fourth-order valence-corrected chi connectivity index (χ4v) is 1.70. The minimum Gasteiger partial charge on any atom is -0.491 e. The van der Waals surface area contributed by atoms with Crippen LogP contribution in [0.3, 0.4) is 0 Å². The molecule has 0 unspecified atom stereocenters. The molecule has 2 nitrogen and oxygen atoms in total. The normalized spacial score (nSPS) is 11.8. The van der Waals surface area contributed by atoms with Crippen LogP contribution in [0.25, 0.3) is 0 Å². The summed E-state index contributed by atoms with van der Waals surface area (Å²) in [6, 6.07) is 0. The van der Waals surface area contributed by atoms with Gasteiger partial charge in [-0.3, -0.25) is 0 Å². The van der Waals surface area contributed by atoms with E-state index in [-0.39, 0.29) is 11.2 Å². The Morgan fingerprint density at radius 1 is 1.42 bits per heavy atom. The molecule has 0 aliphatic heterocycles. The first-order valence-corrected chi connectivity index (χ1v) is 4.44. The van der Waals surface area contributed by atoms with Gasteiger partial charge in [-0.15, -0.1) is 0 Å². The average molecular weight is 189 g/mol. The van der Waals surface area contributed by atoms with Crippen LogP contribution in [0.15, 0.2) is 0 Å². The quantitative estimate of drug-likeness (QED) is 0.677. The van der Waals surface area contributed by atoms with Crippen LogP contribution >= 0.6 is 11.5 Å². The van der Waals surface area contributed by atoms with Crippen LogP contribution in [-0.2, 0) is 5.41 Å². The smallest absolute Gasteiger partial charge is 0.267 e. The van der Waals surface area contributed by atoms with Gasteiger partial charge in [-0.05, 0) is 11.5 Å². The highest BCUT2D eigenvalue weighted by Gasteiger charge is 2.25. The predicted molar refractivity (Wildman–Crippen MR) is 47.3 cm³/mol. The zero-order chi connectivity index (χ0) is 9.35. The summed E-state index contributed by atoms with van der Waals surface area (Å²) in [6.45, 7) is 6.01. The molecule has 0 spiro atoms. The highest BCUT2D eigenvalue weighted by molar-refractivity contribution is 7.06. The summed E-state index contributed by atoms with van der Waals surface area (Å²) >= 11 is 1.16. The van der Waals surface area contributed by atoms with Gasteiger partial charge in [-0.1, -0.05) is 20.8 Å². The molecule has 1 aromatic rings. The lowest BCUT2D eigenvalue weighted by Crippen LogP contribution is -2.10. The van der Waals surface area contributed by atoms with Gasteiger partial charge in [0.15, 0.2) is 5.75 Å². The van der Waals surface area contributed by atoms with Gasteiger partial charge < -0.3 is 4.74 Å². The maximum Gasteiger partial charge on any atom is 0.267 e. The molecule has 1 rings (SSSR count). The van der Waals surface area contributed by atoms with Crippen molar-refractivity contribution in [3.05, 3.63) is 10.8 Å². The van der Waals surface area contributed by atoms with Crippen molar-refractivity contribution in [1.82, 2.24) is 4.37 Å². The lowest BCUT2D eigenvalue weighted by molar-refractivity contribution is 0.371. The molecule has 0 saturated heterocycles. The Labute approximate surface area is 75.5 Å². The Morgan fingerprint density at radius 3 is 2.33 bits per heavy atom. The van der Waals surface area contributed by atoms with Crippen molar-refractivity contribution in [3.8, 4) is 5.75 Å². The number of hydrogen-bond acceptors (Lipinski definition) is 3. The second-order valence-electron chi connectivity index (χ2n) is 3.59. The van der Waals surface area contributed by atoms with E-state index < -0.39 is 5.95 Å². The summed E-state index contributed by atoms with van der Waals surface area (Å²) in [5.41, 5.74) is -0.104. The molecule has 68 valence electrons. The third-order valence-electron chi connectivity index (χ3n) is 1.50. The van der Waals surface area contributed by atoms with Crippen molar-refractivity contribution in [2.45, 2.75) is 26.2 Å². The molecule has 0 saturated carbocycles. The molecule has 1 heterocycles. The maximum absolute atomic E-state index is 12.9. The number of hydrogen-bond donors (Lipinski definition) is 0. The van der Waals surface area contributed by atoms with Gasteiger partial charge in [0.05, 0.1) is 12.0 Å². The lowest BCUT2D eigenvalue weighted by Gasteiger charge is -2.16. The second-order valence-corrected chi connectivity index (χ2v) is 4.36. The fraction of sp³-hybridized carbons (Fsp3) is 0.625. The van der Waals surface area contributed by atoms with Crippen molar-refractivity contribution < 1.29 is 9.13 Å². The first-order valence-electron chi connectivity index (χ1n) is 3.66. The van der Waals surface area contributed by atoms with Crippen molar-refractivity contribution in [1.29, 1.82) is 0 Å². The molecule has 0 fully saturated rings. The van der Waals surface area contributed by atoms with Crippen molar-refractivity contribution >= 4 is 11.5 Å². The van der Waals surface area contributed by atoms with Crippen LogP contribution in [0.2, 0.25) is 0 Å². The van der Waals surface area contributed by atoms with E-state index in [0.29, 0.717) is 0 Å². The molecule has 0 bridgehead atoms. The van der Waals surface area contributed by atoms with Crippen LogP contribution < -0.4 is 4.74 Å². The van der Waals surface area contributed by atoms with Crippen LogP contribution in [0.1, 0.15) is 25.6 Å². The summed E-state index contributed by atoms with van der Waals surface area (Å²) in [7, 11) is 1.46. The predicted octanol–water partition coefficient (Wildman–Crippen LogP) is 2.59. The number of ether oxygens (including phenoxy) is 1. The molecule has 0 amide bonds. The van der Waals surface area contributed by atoms with E-state index in [2.05, 4.69) is 4.37 Å². The fourth-order valence-electron chi connectivity index (χ4n) is 0.917. The van der Waals surface area contributed by atoms with Crippen LogP contribution in [-0.4, -0.2) is 11.5 Å². The highest BCUT2D eigenvalue weighted by Crippen LogP contribution is 2.36. The molecule has 0 aliphatic carbocycles.